The molecule has 0 aromatic heterocycles. The monoisotopic (exact) mass is 328 g/mol. The van der Waals surface area contributed by atoms with E-state index in [0.717, 1.165) is 12.0 Å². The Bertz CT molecular complexity index is 488. The normalized spacial score (nSPS) is 28.0. The van der Waals surface area contributed by atoms with Crippen molar-refractivity contribution in [3.05, 3.63) is 35.9 Å². The molecular weight excluding hydrogens is 305 g/mol. The third-order valence-electron chi connectivity index (χ3n) is 4.78. The highest BCUT2D eigenvalue weighted by Gasteiger charge is 2.51. The van der Waals surface area contributed by atoms with Crippen LogP contribution in [0.5, 0.6) is 0 Å². The molecule has 0 N–H and O–H groups in total. The lowest BCUT2D eigenvalue weighted by Gasteiger charge is -2.47. The minimum absolute atomic E-state index is 0.353. The summed E-state index contributed by atoms with van der Waals surface area (Å²) < 4.78 is 46.7. The first-order valence-electron chi connectivity index (χ1n) is 8.22. The van der Waals surface area contributed by atoms with E-state index >= 15 is 0 Å². The zero-order valence-corrected chi connectivity index (χ0v) is 13.1. The molecule has 0 spiro atoms. The molecule has 1 aromatic carbocycles. The van der Waals surface area contributed by atoms with Crippen LogP contribution in [0.25, 0.3) is 0 Å². The number of hydrogen-bond acceptors (Lipinski definition) is 3. The lowest BCUT2D eigenvalue weighted by Crippen LogP contribution is -2.62. The molecular formula is C17H23F3N2O. The van der Waals surface area contributed by atoms with Crippen molar-refractivity contribution in [2.75, 3.05) is 32.8 Å². The van der Waals surface area contributed by atoms with E-state index in [1.54, 1.807) is 4.90 Å². The Balaban J connectivity index is 1.79. The summed E-state index contributed by atoms with van der Waals surface area (Å²) in [6, 6.07) is 7.57. The van der Waals surface area contributed by atoms with Crippen LogP contribution in [-0.4, -0.2) is 60.9 Å². The van der Waals surface area contributed by atoms with Gasteiger partial charge in [-0.05, 0) is 24.9 Å². The Morgan fingerprint density at radius 2 is 1.74 bits per heavy atom. The molecule has 2 aliphatic rings. The molecule has 23 heavy (non-hydrogen) atoms. The number of benzene rings is 1. The van der Waals surface area contributed by atoms with E-state index in [2.05, 4.69) is 0 Å². The predicted molar refractivity (Wildman–Crippen MR) is 82.1 cm³/mol. The number of hydrogen-bond donors (Lipinski definition) is 0. The second kappa shape index (κ2) is 7.20. The number of nitrogens with zero attached hydrogens (tertiary/aromatic N) is 2. The van der Waals surface area contributed by atoms with Gasteiger partial charge in [0.05, 0.1) is 13.2 Å². The minimum Gasteiger partial charge on any atom is -0.379 e. The van der Waals surface area contributed by atoms with E-state index in [0.29, 0.717) is 45.8 Å². The van der Waals surface area contributed by atoms with Crippen LogP contribution in [0.15, 0.2) is 30.3 Å². The Kier molecular flexibility index (Phi) is 5.24. The molecule has 2 saturated heterocycles. The summed E-state index contributed by atoms with van der Waals surface area (Å²) in [5.41, 5.74) is 0.935. The summed E-state index contributed by atoms with van der Waals surface area (Å²) in [7, 11) is 0. The van der Waals surface area contributed by atoms with E-state index in [1.807, 2.05) is 35.2 Å². The molecule has 128 valence electrons. The molecule has 0 saturated carbocycles. The van der Waals surface area contributed by atoms with Crippen LogP contribution in [-0.2, 0) is 11.3 Å². The summed E-state index contributed by atoms with van der Waals surface area (Å²) in [5, 5.41) is 0. The smallest absolute Gasteiger partial charge is 0.379 e. The van der Waals surface area contributed by atoms with Crippen LogP contribution < -0.4 is 0 Å². The Morgan fingerprint density at radius 1 is 1.04 bits per heavy atom. The molecule has 6 heteroatoms. The maximum Gasteiger partial charge on any atom is 0.405 e. The number of halogens is 3. The number of morpholine rings is 1. The van der Waals surface area contributed by atoms with Crippen LogP contribution in [0, 0.1) is 0 Å². The lowest BCUT2D eigenvalue weighted by molar-refractivity contribution is -0.213. The molecule has 2 heterocycles. The standard InChI is InChI=1S/C17H23F3N2O/c18-17(19,20)16-15(21-9-11-23-12-10-21)7-4-8-22(16)13-14-5-2-1-3-6-14/h1-3,5-6,15-16H,4,7-13H2/t15-,16+/m1/s1. The van der Waals surface area contributed by atoms with Crippen molar-refractivity contribution in [2.45, 2.75) is 37.6 Å². The summed E-state index contributed by atoms with van der Waals surface area (Å²) in [5.74, 6) is 0. The maximum absolute atomic E-state index is 13.8. The van der Waals surface area contributed by atoms with Crippen LogP contribution in [0.1, 0.15) is 18.4 Å². The molecule has 0 aliphatic carbocycles. The zero-order chi connectivity index (χ0) is 16.3. The number of piperidine rings is 1. The van der Waals surface area contributed by atoms with Crippen molar-refractivity contribution in [2.24, 2.45) is 0 Å². The molecule has 0 bridgehead atoms. The van der Waals surface area contributed by atoms with E-state index < -0.39 is 18.3 Å². The Morgan fingerprint density at radius 3 is 2.39 bits per heavy atom. The highest BCUT2D eigenvalue weighted by atomic mass is 19.4. The van der Waals surface area contributed by atoms with Crippen LogP contribution in [0.2, 0.25) is 0 Å². The SMILES string of the molecule is FC(F)(F)[C@@H]1[C@H](N2CCOCC2)CCCN1Cc1ccccc1. The summed E-state index contributed by atoms with van der Waals surface area (Å²) in [4.78, 5) is 3.58. The third-order valence-corrected chi connectivity index (χ3v) is 4.78. The fraction of sp³-hybridized carbons (Fsp3) is 0.647. The van der Waals surface area contributed by atoms with Crippen molar-refractivity contribution in [3.63, 3.8) is 0 Å². The average molecular weight is 328 g/mol. The lowest BCUT2D eigenvalue weighted by atomic mass is 9.93. The topological polar surface area (TPSA) is 15.7 Å². The zero-order valence-electron chi connectivity index (χ0n) is 13.1. The van der Waals surface area contributed by atoms with Gasteiger partial charge in [0.2, 0.25) is 0 Å². The fourth-order valence-corrected chi connectivity index (χ4v) is 3.76. The molecule has 2 fully saturated rings. The van der Waals surface area contributed by atoms with Gasteiger partial charge in [-0.15, -0.1) is 0 Å². The van der Waals surface area contributed by atoms with Gasteiger partial charge < -0.3 is 4.74 Å². The van der Waals surface area contributed by atoms with Gasteiger partial charge in [-0.1, -0.05) is 30.3 Å². The van der Waals surface area contributed by atoms with Crippen LogP contribution in [0.3, 0.4) is 0 Å². The number of alkyl halides is 3. The van der Waals surface area contributed by atoms with Gasteiger partial charge in [-0.25, -0.2) is 0 Å². The first-order chi connectivity index (χ1) is 11.1. The predicted octanol–water partition coefficient (Wildman–Crippen LogP) is 2.91. The summed E-state index contributed by atoms with van der Waals surface area (Å²) in [6.45, 7) is 3.10. The van der Waals surface area contributed by atoms with Gasteiger partial charge >= 0.3 is 6.18 Å². The van der Waals surface area contributed by atoms with Gasteiger partial charge in [0, 0.05) is 25.7 Å². The van der Waals surface area contributed by atoms with Gasteiger partial charge in [-0.3, -0.25) is 9.80 Å². The van der Waals surface area contributed by atoms with Gasteiger partial charge in [-0.2, -0.15) is 13.2 Å². The van der Waals surface area contributed by atoms with E-state index in [4.69, 9.17) is 4.74 Å². The largest absolute Gasteiger partial charge is 0.405 e. The second-order valence-electron chi connectivity index (χ2n) is 6.30. The Hall–Kier alpha value is -1.11. The maximum atomic E-state index is 13.8. The number of ether oxygens (including phenoxy) is 1. The number of likely N-dealkylation sites (tertiary alicyclic amines) is 1. The molecule has 2 aliphatic heterocycles. The molecule has 2 atom stereocenters. The van der Waals surface area contributed by atoms with Crippen LogP contribution >= 0.6 is 0 Å². The first kappa shape index (κ1) is 16.7. The number of rotatable bonds is 3. The van der Waals surface area contributed by atoms with Crippen LogP contribution in [0.4, 0.5) is 13.2 Å². The quantitative estimate of drug-likeness (QED) is 0.848. The van der Waals surface area contributed by atoms with E-state index in [-0.39, 0.29) is 0 Å². The van der Waals surface area contributed by atoms with Gasteiger partial charge in [0.15, 0.2) is 0 Å². The van der Waals surface area contributed by atoms with E-state index in [9.17, 15) is 13.2 Å². The molecule has 0 radical (unpaired) electrons. The van der Waals surface area contributed by atoms with Crippen molar-refractivity contribution in [3.8, 4) is 0 Å². The van der Waals surface area contributed by atoms with Crippen molar-refractivity contribution >= 4 is 0 Å². The Labute approximate surface area is 135 Å². The van der Waals surface area contributed by atoms with Crippen molar-refractivity contribution < 1.29 is 17.9 Å². The first-order valence-corrected chi connectivity index (χ1v) is 8.22. The van der Waals surface area contributed by atoms with E-state index in [1.165, 1.54) is 0 Å². The van der Waals surface area contributed by atoms with Gasteiger partial charge in [0.1, 0.15) is 6.04 Å². The molecule has 0 unspecified atom stereocenters. The molecule has 1 aromatic rings. The van der Waals surface area contributed by atoms with Crippen molar-refractivity contribution in [1.82, 2.24) is 9.80 Å². The average Bonchev–Trinajstić information content (AvgIpc) is 2.55. The molecule has 3 nitrogen and oxygen atoms in total. The highest BCUT2D eigenvalue weighted by Crippen LogP contribution is 2.35. The minimum atomic E-state index is -4.21. The third kappa shape index (κ3) is 4.05. The molecule has 0 amide bonds. The summed E-state index contributed by atoms with van der Waals surface area (Å²) >= 11 is 0. The highest BCUT2D eigenvalue weighted by molar-refractivity contribution is 5.15. The molecule has 3 rings (SSSR count). The fourth-order valence-electron chi connectivity index (χ4n) is 3.76. The van der Waals surface area contributed by atoms with Gasteiger partial charge in [0.25, 0.3) is 0 Å². The van der Waals surface area contributed by atoms with Crippen molar-refractivity contribution in [1.29, 1.82) is 0 Å². The summed E-state index contributed by atoms with van der Waals surface area (Å²) in [6.07, 6.45) is -2.80. The second-order valence-corrected chi connectivity index (χ2v) is 6.30.